The molecule has 0 heterocycles. The van der Waals surface area contributed by atoms with E-state index >= 15 is 0 Å². The summed E-state index contributed by atoms with van der Waals surface area (Å²) in [6.07, 6.45) is 3.74. The number of anilines is 2. The molecule has 0 aromatic heterocycles. The number of rotatable bonds is 3. The zero-order chi connectivity index (χ0) is 11.6. The fraction of sp³-hybridized carbons (Fsp3) is 0.500. The summed E-state index contributed by atoms with van der Waals surface area (Å²) in [6, 6.07) is 4.32. The van der Waals surface area contributed by atoms with E-state index in [0.717, 1.165) is 25.7 Å². The summed E-state index contributed by atoms with van der Waals surface area (Å²) >= 11 is 0. The Morgan fingerprint density at radius 2 is 2.00 bits per heavy atom. The second kappa shape index (κ2) is 4.29. The molecule has 88 valence electrons. The Hall–Kier alpha value is -1.29. The van der Waals surface area contributed by atoms with Gasteiger partial charge in [0.1, 0.15) is 5.82 Å². The maximum Gasteiger partial charge on any atom is 0.127 e. The molecule has 0 saturated heterocycles. The van der Waals surface area contributed by atoms with Gasteiger partial charge in [-0.3, -0.25) is 0 Å². The summed E-state index contributed by atoms with van der Waals surface area (Å²) in [5.41, 5.74) is 5.91. The third kappa shape index (κ3) is 2.64. The molecule has 1 aromatic carbocycles. The zero-order valence-corrected chi connectivity index (χ0v) is 9.17. The monoisotopic (exact) mass is 224 g/mol. The maximum absolute atomic E-state index is 13.0. The van der Waals surface area contributed by atoms with Gasteiger partial charge < -0.3 is 16.2 Å². The van der Waals surface area contributed by atoms with E-state index < -0.39 is 5.60 Å². The normalized spacial score (nSPS) is 18.6. The van der Waals surface area contributed by atoms with E-state index in [9.17, 15) is 9.50 Å². The highest BCUT2D eigenvalue weighted by Gasteiger charge is 2.30. The van der Waals surface area contributed by atoms with Gasteiger partial charge >= 0.3 is 0 Å². The first-order valence-electron chi connectivity index (χ1n) is 5.60. The molecule has 4 N–H and O–H groups in total. The minimum absolute atomic E-state index is 0.360. The number of hydrogen-bond donors (Lipinski definition) is 3. The van der Waals surface area contributed by atoms with Crippen LogP contribution in [-0.2, 0) is 0 Å². The first-order valence-corrected chi connectivity index (χ1v) is 5.60. The second-order valence-corrected chi connectivity index (χ2v) is 4.56. The van der Waals surface area contributed by atoms with Gasteiger partial charge in [-0.25, -0.2) is 4.39 Å². The molecule has 1 aromatic rings. The van der Waals surface area contributed by atoms with Gasteiger partial charge in [0.2, 0.25) is 0 Å². The van der Waals surface area contributed by atoms with E-state index in [1.807, 2.05) is 0 Å². The summed E-state index contributed by atoms with van der Waals surface area (Å²) in [5.74, 6) is -0.360. The Kier molecular flexibility index (Phi) is 3.01. The number of aliphatic hydroxyl groups is 1. The molecule has 16 heavy (non-hydrogen) atoms. The van der Waals surface area contributed by atoms with Crippen LogP contribution in [0.15, 0.2) is 18.2 Å². The first kappa shape index (κ1) is 11.2. The van der Waals surface area contributed by atoms with Gasteiger partial charge in [-0.1, -0.05) is 12.8 Å². The highest BCUT2D eigenvalue weighted by atomic mass is 19.1. The van der Waals surface area contributed by atoms with Gasteiger partial charge in [-0.05, 0) is 31.0 Å². The molecule has 1 aliphatic rings. The van der Waals surface area contributed by atoms with E-state index in [1.54, 1.807) is 6.07 Å². The fourth-order valence-corrected chi connectivity index (χ4v) is 2.19. The van der Waals surface area contributed by atoms with E-state index in [-0.39, 0.29) is 5.82 Å². The molecule has 0 bridgehead atoms. The van der Waals surface area contributed by atoms with Crippen LogP contribution in [0.1, 0.15) is 25.7 Å². The van der Waals surface area contributed by atoms with Crippen LogP contribution in [0.5, 0.6) is 0 Å². The highest BCUT2D eigenvalue weighted by molar-refractivity contribution is 5.54. The molecule has 0 spiro atoms. The van der Waals surface area contributed by atoms with Crippen molar-refractivity contribution in [1.82, 2.24) is 0 Å². The SMILES string of the molecule is Nc1cc(F)cc(NCC2(O)CCCC2)c1. The number of hydrogen-bond acceptors (Lipinski definition) is 3. The van der Waals surface area contributed by atoms with E-state index in [4.69, 9.17) is 5.73 Å². The second-order valence-electron chi connectivity index (χ2n) is 4.56. The lowest BCUT2D eigenvalue weighted by atomic mass is 10.0. The van der Waals surface area contributed by atoms with Gasteiger partial charge in [-0.15, -0.1) is 0 Å². The Bertz CT molecular complexity index is 355. The summed E-state index contributed by atoms with van der Waals surface area (Å²) in [6.45, 7) is 0.454. The molecular weight excluding hydrogens is 207 g/mol. The lowest BCUT2D eigenvalue weighted by Crippen LogP contribution is -2.33. The summed E-state index contributed by atoms with van der Waals surface area (Å²) in [4.78, 5) is 0. The molecule has 3 nitrogen and oxygen atoms in total. The van der Waals surface area contributed by atoms with Crippen LogP contribution in [-0.4, -0.2) is 17.3 Å². The molecule has 0 unspecified atom stereocenters. The van der Waals surface area contributed by atoms with Crippen molar-refractivity contribution in [3.05, 3.63) is 24.0 Å². The predicted octanol–water partition coefficient (Wildman–Crippen LogP) is 2.12. The molecule has 0 amide bonds. The quantitative estimate of drug-likeness (QED) is 0.689. The van der Waals surface area contributed by atoms with Crippen LogP contribution in [0.4, 0.5) is 15.8 Å². The minimum atomic E-state index is -0.638. The molecule has 1 aliphatic carbocycles. The number of benzene rings is 1. The average molecular weight is 224 g/mol. The minimum Gasteiger partial charge on any atom is -0.399 e. The lowest BCUT2D eigenvalue weighted by molar-refractivity contribution is 0.0614. The molecule has 2 rings (SSSR count). The Morgan fingerprint density at radius 1 is 1.31 bits per heavy atom. The maximum atomic E-state index is 13.0. The summed E-state index contributed by atoms with van der Waals surface area (Å²) in [7, 11) is 0. The van der Waals surface area contributed by atoms with Crippen molar-refractivity contribution in [1.29, 1.82) is 0 Å². The van der Waals surface area contributed by atoms with Gasteiger partial charge in [-0.2, -0.15) is 0 Å². The highest BCUT2D eigenvalue weighted by Crippen LogP contribution is 2.29. The van der Waals surface area contributed by atoms with Gasteiger partial charge in [0.15, 0.2) is 0 Å². The molecule has 1 saturated carbocycles. The molecule has 1 fully saturated rings. The third-order valence-electron chi connectivity index (χ3n) is 3.08. The van der Waals surface area contributed by atoms with Gasteiger partial charge in [0, 0.05) is 17.9 Å². The average Bonchev–Trinajstić information content (AvgIpc) is 2.62. The van der Waals surface area contributed by atoms with Crippen molar-refractivity contribution in [2.75, 3.05) is 17.6 Å². The number of nitrogens with two attached hydrogens (primary N) is 1. The van der Waals surface area contributed by atoms with Crippen LogP contribution >= 0.6 is 0 Å². The van der Waals surface area contributed by atoms with Crippen LogP contribution in [0.25, 0.3) is 0 Å². The van der Waals surface area contributed by atoms with Crippen LogP contribution < -0.4 is 11.1 Å². The standard InChI is InChI=1S/C12H17FN2O/c13-9-5-10(14)7-11(6-9)15-8-12(16)3-1-2-4-12/h5-7,15-16H,1-4,8,14H2. The summed E-state index contributed by atoms with van der Waals surface area (Å²) < 4.78 is 13.0. The smallest absolute Gasteiger partial charge is 0.127 e. The van der Waals surface area contributed by atoms with Crippen molar-refractivity contribution in [2.45, 2.75) is 31.3 Å². The van der Waals surface area contributed by atoms with Crippen molar-refractivity contribution in [3.8, 4) is 0 Å². The van der Waals surface area contributed by atoms with Crippen LogP contribution in [0.2, 0.25) is 0 Å². The van der Waals surface area contributed by atoms with Crippen molar-refractivity contribution >= 4 is 11.4 Å². The topological polar surface area (TPSA) is 58.3 Å². The Labute approximate surface area is 94.5 Å². The fourth-order valence-electron chi connectivity index (χ4n) is 2.19. The molecule has 0 atom stereocenters. The van der Waals surface area contributed by atoms with E-state index in [2.05, 4.69) is 5.32 Å². The largest absolute Gasteiger partial charge is 0.399 e. The van der Waals surface area contributed by atoms with Crippen LogP contribution in [0, 0.1) is 5.82 Å². The predicted molar refractivity (Wildman–Crippen MR) is 62.7 cm³/mol. The van der Waals surface area contributed by atoms with Crippen LogP contribution in [0.3, 0.4) is 0 Å². The number of nitrogens with one attached hydrogen (secondary N) is 1. The van der Waals surface area contributed by atoms with Gasteiger partial charge in [0.25, 0.3) is 0 Å². The van der Waals surface area contributed by atoms with Crippen molar-refractivity contribution in [3.63, 3.8) is 0 Å². The summed E-state index contributed by atoms with van der Waals surface area (Å²) in [5, 5.41) is 13.1. The molecule has 0 aliphatic heterocycles. The van der Waals surface area contributed by atoms with Crippen molar-refractivity contribution in [2.24, 2.45) is 0 Å². The third-order valence-corrected chi connectivity index (χ3v) is 3.08. The lowest BCUT2D eigenvalue weighted by Gasteiger charge is -2.23. The zero-order valence-electron chi connectivity index (χ0n) is 9.17. The Morgan fingerprint density at radius 3 is 2.62 bits per heavy atom. The Balaban J connectivity index is 1.98. The number of nitrogen functional groups attached to an aromatic ring is 1. The molecular formula is C12H17FN2O. The van der Waals surface area contributed by atoms with E-state index in [1.165, 1.54) is 12.1 Å². The molecule has 0 radical (unpaired) electrons. The van der Waals surface area contributed by atoms with E-state index in [0.29, 0.717) is 17.9 Å². The number of halogens is 1. The first-order chi connectivity index (χ1) is 7.57. The molecule has 4 heteroatoms. The van der Waals surface area contributed by atoms with Crippen molar-refractivity contribution < 1.29 is 9.50 Å². The van der Waals surface area contributed by atoms with Gasteiger partial charge in [0.05, 0.1) is 5.60 Å².